The van der Waals surface area contributed by atoms with E-state index < -0.39 is 0 Å². The number of benzene rings is 8. The highest BCUT2D eigenvalue weighted by molar-refractivity contribution is 7.16. The highest BCUT2D eigenvalue weighted by atomic mass is 32.1. The minimum Gasteiger partial charge on any atom is -0.309 e. The van der Waals surface area contributed by atoms with Gasteiger partial charge in [-0.3, -0.25) is 0 Å². The van der Waals surface area contributed by atoms with Crippen LogP contribution in [0, 0.1) is 0 Å². The van der Waals surface area contributed by atoms with E-state index >= 15 is 0 Å². The average molecular weight is 1010 g/mol. The Labute approximate surface area is 449 Å². The Kier molecular flexibility index (Phi) is 11.1. The smallest absolute Gasteiger partial charge is 0.0541 e. The van der Waals surface area contributed by atoms with Crippen molar-refractivity contribution < 1.29 is 0 Å². The van der Waals surface area contributed by atoms with Gasteiger partial charge in [-0.15, -0.1) is 22.7 Å². The van der Waals surface area contributed by atoms with Crippen LogP contribution in [0.25, 0.3) is 111 Å². The van der Waals surface area contributed by atoms with Crippen molar-refractivity contribution in [3.63, 3.8) is 0 Å². The normalized spacial score (nSPS) is 13.6. The van der Waals surface area contributed by atoms with Gasteiger partial charge in [0.05, 0.1) is 22.1 Å². The Bertz CT molecular complexity index is 3980. The van der Waals surface area contributed by atoms with Crippen molar-refractivity contribution in [1.29, 1.82) is 0 Å². The summed E-state index contributed by atoms with van der Waals surface area (Å²) in [7, 11) is 0. The highest BCUT2D eigenvalue weighted by Gasteiger charge is 2.35. The van der Waals surface area contributed by atoms with Gasteiger partial charge in [-0.25, -0.2) is 0 Å². The van der Waals surface area contributed by atoms with Crippen molar-refractivity contribution in [1.82, 2.24) is 9.13 Å². The predicted molar refractivity (Wildman–Crippen MR) is 327 cm³/mol. The van der Waals surface area contributed by atoms with Crippen molar-refractivity contribution in [2.75, 3.05) is 0 Å². The van der Waals surface area contributed by atoms with Gasteiger partial charge in [0.1, 0.15) is 0 Å². The van der Waals surface area contributed by atoms with Crippen LogP contribution in [0.2, 0.25) is 0 Å². The van der Waals surface area contributed by atoms with Gasteiger partial charge in [0.2, 0.25) is 0 Å². The van der Waals surface area contributed by atoms with Crippen molar-refractivity contribution in [2.45, 2.75) is 71.6 Å². The summed E-state index contributed by atoms with van der Waals surface area (Å²) in [6, 6.07) is 72.8. The average Bonchev–Trinajstić information content (AvgIpc) is 4.29. The van der Waals surface area contributed by atoms with Gasteiger partial charge in [0.15, 0.2) is 0 Å². The quantitative estimate of drug-likeness (QED) is 0.144. The molecule has 0 spiro atoms. The third kappa shape index (κ3) is 8.23. The standard InChI is InChI=1S/C71H60N2S2/c1-69(2,3)49-23-27-51(28-24-49)72-63-15-11-9-13-57(63)59-43-47(21-37-65(59)72)67-39-33-53(74-67)31-17-45-19-35-55-56-36-20-46(42-62(56)71(7,8)61(55)41-45)18-32-54-34-40-68(75-54)48-22-38-66-60(44-48)58-14-10-12-16-64(58)73(66)52-29-25-50(26-30-52)70(4,5)6/h9-44H,1-8H3. The van der Waals surface area contributed by atoms with Gasteiger partial charge < -0.3 is 9.13 Å². The first kappa shape index (κ1) is 47.0. The van der Waals surface area contributed by atoms with E-state index in [2.05, 4.69) is 283 Å². The number of nitrogens with zero attached hydrogens (tertiary/aromatic N) is 2. The van der Waals surface area contributed by atoms with Gasteiger partial charge in [0.25, 0.3) is 0 Å². The Morgan fingerprint density at radius 1 is 0.373 bits per heavy atom. The zero-order valence-corrected chi connectivity index (χ0v) is 45.6. The maximum Gasteiger partial charge on any atom is 0.0541 e. The lowest BCUT2D eigenvalue weighted by Gasteiger charge is -2.22. The molecule has 12 aromatic rings. The van der Waals surface area contributed by atoms with E-state index in [1.807, 2.05) is 22.7 Å². The second-order valence-corrected chi connectivity index (χ2v) is 25.3. The Morgan fingerprint density at radius 3 is 1.19 bits per heavy atom. The molecule has 2 nitrogen and oxygen atoms in total. The number of thiophene rings is 2. The number of rotatable bonds is 8. The molecule has 366 valence electrons. The predicted octanol–water partition coefficient (Wildman–Crippen LogP) is 20.6. The fourth-order valence-corrected chi connectivity index (χ4v) is 13.4. The minimum atomic E-state index is -0.125. The fraction of sp³-hybridized carbons (Fsp3) is 0.155. The lowest BCUT2D eigenvalue weighted by Crippen LogP contribution is -2.15. The Hall–Kier alpha value is -7.76. The van der Waals surface area contributed by atoms with Crippen LogP contribution in [0.4, 0.5) is 0 Å². The molecule has 0 amide bonds. The van der Waals surface area contributed by atoms with Gasteiger partial charge >= 0.3 is 0 Å². The molecule has 0 N–H and O–H groups in total. The summed E-state index contributed by atoms with van der Waals surface area (Å²) in [5.41, 5.74) is 20.5. The van der Waals surface area contributed by atoms with Crippen molar-refractivity contribution in [3.8, 4) is 43.4 Å². The van der Waals surface area contributed by atoms with Crippen LogP contribution in [-0.2, 0) is 16.2 Å². The van der Waals surface area contributed by atoms with E-state index in [0.29, 0.717) is 0 Å². The zero-order chi connectivity index (χ0) is 51.4. The summed E-state index contributed by atoms with van der Waals surface area (Å²) in [5.74, 6) is 0. The zero-order valence-electron chi connectivity index (χ0n) is 44.0. The summed E-state index contributed by atoms with van der Waals surface area (Å²) < 4.78 is 4.82. The Morgan fingerprint density at radius 2 is 0.773 bits per heavy atom. The van der Waals surface area contributed by atoms with Crippen LogP contribution in [0.3, 0.4) is 0 Å². The number of hydrogen-bond donors (Lipinski definition) is 0. The number of aromatic nitrogens is 2. The monoisotopic (exact) mass is 1000 g/mol. The molecule has 4 heteroatoms. The van der Waals surface area contributed by atoms with Crippen molar-refractivity contribution in [2.24, 2.45) is 0 Å². The second-order valence-electron chi connectivity index (χ2n) is 23.1. The summed E-state index contributed by atoms with van der Waals surface area (Å²) >= 11 is 3.69. The largest absolute Gasteiger partial charge is 0.309 e. The minimum absolute atomic E-state index is 0.113. The molecular formula is C71H60N2S2. The summed E-state index contributed by atoms with van der Waals surface area (Å²) in [4.78, 5) is 5.03. The van der Waals surface area contributed by atoms with E-state index in [1.54, 1.807) is 0 Å². The summed E-state index contributed by atoms with van der Waals surface area (Å²) in [6.45, 7) is 18.4. The van der Waals surface area contributed by atoms with E-state index in [-0.39, 0.29) is 16.2 Å². The molecule has 75 heavy (non-hydrogen) atoms. The molecule has 0 atom stereocenters. The third-order valence-corrected chi connectivity index (χ3v) is 18.0. The molecule has 0 radical (unpaired) electrons. The van der Waals surface area contributed by atoms with E-state index in [0.717, 1.165) is 0 Å². The number of para-hydroxylation sites is 2. The lowest BCUT2D eigenvalue weighted by molar-refractivity contribution is 0.590. The maximum absolute atomic E-state index is 2.41. The highest BCUT2D eigenvalue weighted by Crippen LogP contribution is 2.50. The molecule has 4 heterocycles. The van der Waals surface area contributed by atoms with Gasteiger partial charge in [-0.1, -0.05) is 177 Å². The summed E-state index contributed by atoms with van der Waals surface area (Å²) in [5, 5.41) is 5.11. The fourth-order valence-electron chi connectivity index (χ4n) is 11.6. The second kappa shape index (κ2) is 17.7. The van der Waals surface area contributed by atoms with E-state index in [4.69, 9.17) is 0 Å². The van der Waals surface area contributed by atoms with E-state index in [9.17, 15) is 0 Å². The number of fused-ring (bicyclic) bond motifs is 9. The SMILES string of the molecule is CC(C)(C)c1ccc(-n2c3ccccc3c3cc(-c4ccc(C=Cc5ccc6c(c5)C(C)(C)c5cc(C=Cc7ccc(-c8ccc9c(c8)c8ccccc8n9-c8ccc(C(C)(C)C)cc8)s7)ccc5-6)s4)ccc32)cc1. The molecule has 1 aliphatic carbocycles. The van der Waals surface area contributed by atoms with Crippen LogP contribution in [0.15, 0.2) is 194 Å². The van der Waals surface area contributed by atoms with Gasteiger partial charge in [-0.2, -0.15) is 0 Å². The van der Waals surface area contributed by atoms with Crippen LogP contribution < -0.4 is 0 Å². The summed E-state index contributed by atoms with van der Waals surface area (Å²) in [6.07, 6.45) is 9.12. The molecule has 1 aliphatic rings. The van der Waals surface area contributed by atoms with Crippen molar-refractivity contribution >= 4 is 90.6 Å². The third-order valence-electron chi connectivity index (χ3n) is 15.8. The van der Waals surface area contributed by atoms with Crippen LogP contribution in [0.5, 0.6) is 0 Å². The lowest BCUT2D eigenvalue weighted by atomic mass is 9.81. The number of hydrogen-bond acceptors (Lipinski definition) is 2. The van der Waals surface area contributed by atoms with Crippen LogP contribution >= 0.6 is 22.7 Å². The molecule has 4 aromatic heterocycles. The molecule has 0 saturated carbocycles. The first-order valence-corrected chi connectivity index (χ1v) is 27.9. The molecule has 0 unspecified atom stereocenters. The van der Waals surface area contributed by atoms with Crippen LogP contribution in [0.1, 0.15) is 98.5 Å². The molecule has 0 fully saturated rings. The van der Waals surface area contributed by atoms with E-state index in [1.165, 1.54) is 130 Å². The molecular weight excluding hydrogens is 945 g/mol. The molecule has 8 aromatic carbocycles. The molecule has 0 saturated heterocycles. The first-order valence-electron chi connectivity index (χ1n) is 26.3. The molecule has 13 rings (SSSR count). The van der Waals surface area contributed by atoms with Gasteiger partial charge in [-0.05, 0) is 164 Å². The maximum atomic E-state index is 2.41. The van der Waals surface area contributed by atoms with Crippen LogP contribution in [-0.4, -0.2) is 9.13 Å². The molecule has 0 aliphatic heterocycles. The Balaban J connectivity index is 0.719. The van der Waals surface area contributed by atoms with Crippen molar-refractivity contribution in [3.05, 3.63) is 237 Å². The topological polar surface area (TPSA) is 9.86 Å². The molecule has 0 bridgehead atoms. The first-order chi connectivity index (χ1) is 36.2. The van der Waals surface area contributed by atoms with Gasteiger partial charge in [0, 0.05) is 57.8 Å².